The molecule has 0 saturated heterocycles. The van der Waals surface area contributed by atoms with E-state index in [4.69, 9.17) is 5.73 Å². The van der Waals surface area contributed by atoms with Crippen molar-refractivity contribution in [2.24, 2.45) is 0 Å². The van der Waals surface area contributed by atoms with Crippen LogP contribution in [0.1, 0.15) is 16.7 Å². The van der Waals surface area contributed by atoms with E-state index in [0.717, 1.165) is 16.8 Å². The summed E-state index contributed by atoms with van der Waals surface area (Å²) in [4.78, 5) is 0. The van der Waals surface area contributed by atoms with Crippen LogP contribution < -0.4 is 5.73 Å². The number of anilines is 1. The second-order valence-electron chi connectivity index (χ2n) is 4.01. The van der Waals surface area contributed by atoms with E-state index in [1.165, 1.54) is 6.07 Å². The first-order valence-corrected chi connectivity index (χ1v) is 5.45. The van der Waals surface area contributed by atoms with Crippen LogP contribution in [0, 0.1) is 12.7 Å². The maximum atomic E-state index is 13.1. The van der Waals surface area contributed by atoms with Gasteiger partial charge < -0.3 is 5.73 Å². The van der Waals surface area contributed by atoms with Gasteiger partial charge in [0.25, 0.3) is 0 Å². The highest BCUT2D eigenvalue weighted by Gasteiger charge is 1.96. The number of nitrogen functional groups attached to an aromatic ring is 1. The molecular weight excluding hydrogens is 213 g/mol. The summed E-state index contributed by atoms with van der Waals surface area (Å²) in [5, 5.41) is 0. The van der Waals surface area contributed by atoms with Crippen LogP contribution in [0.25, 0.3) is 12.2 Å². The van der Waals surface area contributed by atoms with Gasteiger partial charge in [-0.1, -0.05) is 30.4 Å². The molecule has 0 spiro atoms. The number of nitrogens with two attached hydrogens (primary N) is 1. The van der Waals surface area contributed by atoms with E-state index in [1.54, 1.807) is 13.0 Å². The van der Waals surface area contributed by atoms with Crippen LogP contribution in [0.5, 0.6) is 0 Å². The summed E-state index contributed by atoms with van der Waals surface area (Å²) >= 11 is 0. The number of hydrogen-bond acceptors (Lipinski definition) is 1. The normalized spacial score (nSPS) is 10.9. The Balaban J connectivity index is 2.20. The Morgan fingerprint density at radius 2 is 1.53 bits per heavy atom. The highest BCUT2D eigenvalue weighted by atomic mass is 19.1. The van der Waals surface area contributed by atoms with Crippen molar-refractivity contribution in [2.75, 3.05) is 5.73 Å². The lowest BCUT2D eigenvalue weighted by Gasteiger charge is -1.98. The average Bonchev–Trinajstić information content (AvgIpc) is 2.33. The number of halogens is 1. The second kappa shape index (κ2) is 4.83. The van der Waals surface area contributed by atoms with Gasteiger partial charge in [0.05, 0.1) is 0 Å². The van der Waals surface area contributed by atoms with Crippen LogP contribution in [-0.4, -0.2) is 0 Å². The molecule has 0 amide bonds. The van der Waals surface area contributed by atoms with Crippen LogP contribution in [0.2, 0.25) is 0 Å². The number of hydrogen-bond donors (Lipinski definition) is 1. The molecule has 0 unspecified atom stereocenters. The molecule has 0 aromatic heterocycles. The van der Waals surface area contributed by atoms with Crippen molar-refractivity contribution < 1.29 is 4.39 Å². The van der Waals surface area contributed by atoms with Gasteiger partial charge in [-0.25, -0.2) is 4.39 Å². The molecule has 0 aliphatic carbocycles. The van der Waals surface area contributed by atoms with Crippen molar-refractivity contribution in [1.82, 2.24) is 0 Å². The SMILES string of the molecule is Cc1cc(/C=C/c2ccc(N)cc2)ccc1F. The van der Waals surface area contributed by atoms with E-state index in [0.29, 0.717) is 5.56 Å². The van der Waals surface area contributed by atoms with E-state index >= 15 is 0 Å². The Morgan fingerprint density at radius 1 is 0.941 bits per heavy atom. The molecule has 0 fully saturated rings. The Hall–Kier alpha value is -2.09. The zero-order valence-electron chi connectivity index (χ0n) is 9.65. The summed E-state index contributed by atoms with van der Waals surface area (Å²) in [7, 11) is 0. The monoisotopic (exact) mass is 227 g/mol. The summed E-state index contributed by atoms with van der Waals surface area (Å²) in [5.41, 5.74) is 9.07. The Kier molecular flexibility index (Phi) is 3.24. The summed E-state index contributed by atoms with van der Waals surface area (Å²) in [6.07, 6.45) is 3.93. The number of benzene rings is 2. The highest BCUT2D eigenvalue weighted by Crippen LogP contribution is 2.13. The van der Waals surface area contributed by atoms with E-state index in [2.05, 4.69) is 0 Å². The van der Waals surface area contributed by atoms with Crippen molar-refractivity contribution in [2.45, 2.75) is 6.92 Å². The van der Waals surface area contributed by atoms with Gasteiger partial charge in [-0.2, -0.15) is 0 Å². The van der Waals surface area contributed by atoms with E-state index in [9.17, 15) is 4.39 Å². The van der Waals surface area contributed by atoms with Gasteiger partial charge >= 0.3 is 0 Å². The minimum Gasteiger partial charge on any atom is -0.399 e. The third-order valence-electron chi connectivity index (χ3n) is 2.59. The van der Waals surface area contributed by atoms with Crippen LogP contribution in [0.15, 0.2) is 42.5 Å². The van der Waals surface area contributed by atoms with Crippen molar-refractivity contribution in [1.29, 1.82) is 0 Å². The summed E-state index contributed by atoms with van der Waals surface area (Å²) < 4.78 is 13.1. The predicted molar refractivity (Wildman–Crippen MR) is 70.9 cm³/mol. The first kappa shape index (κ1) is 11.4. The molecule has 0 bridgehead atoms. The van der Waals surface area contributed by atoms with Crippen molar-refractivity contribution in [3.63, 3.8) is 0 Å². The maximum Gasteiger partial charge on any atom is 0.126 e. The molecular formula is C15H14FN. The summed E-state index contributed by atoms with van der Waals surface area (Å²) in [6, 6.07) is 12.7. The smallest absolute Gasteiger partial charge is 0.126 e. The molecule has 0 heterocycles. The minimum atomic E-state index is -0.172. The Labute approximate surface area is 100 Å². The fourth-order valence-electron chi connectivity index (χ4n) is 1.57. The molecule has 0 saturated carbocycles. The minimum absolute atomic E-state index is 0.172. The fourth-order valence-corrected chi connectivity index (χ4v) is 1.57. The summed E-state index contributed by atoms with van der Waals surface area (Å²) in [5.74, 6) is -0.172. The third-order valence-corrected chi connectivity index (χ3v) is 2.59. The topological polar surface area (TPSA) is 26.0 Å². The standard InChI is InChI=1S/C15H14FN/c1-11-10-13(6-9-15(11)16)3-2-12-4-7-14(17)8-5-12/h2-10H,17H2,1H3/b3-2+. The van der Waals surface area contributed by atoms with E-state index in [1.807, 2.05) is 42.5 Å². The van der Waals surface area contributed by atoms with Gasteiger partial charge in [-0.15, -0.1) is 0 Å². The zero-order chi connectivity index (χ0) is 12.3. The van der Waals surface area contributed by atoms with Crippen LogP contribution in [0.3, 0.4) is 0 Å². The van der Waals surface area contributed by atoms with Crippen molar-refractivity contribution in [3.05, 3.63) is 65.0 Å². The quantitative estimate of drug-likeness (QED) is 0.611. The largest absolute Gasteiger partial charge is 0.399 e. The first-order chi connectivity index (χ1) is 8.15. The van der Waals surface area contributed by atoms with E-state index in [-0.39, 0.29) is 5.82 Å². The lowest BCUT2D eigenvalue weighted by molar-refractivity contribution is 0.618. The third kappa shape index (κ3) is 2.94. The predicted octanol–water partition coefficient (Wildman–Crippen LogP) is 3.89. The Bertz CT molecular complexity index is 541. The molecule has 0 aliphatic heterocycles. The zero-order valence-corrected chi connectivity index (χ0v) is 9.65. The molecule has 0 radical (unpaired) electrons. The molecule has 2 rings (SSSR count). The molecule has 0 aliphatic rings. The molecule has 2 heteroatoms. The van der Waals surface area contributed by atoms with Gasteiger partial charge in [0.2, 0.25) is 0 Å². The summed E-state index contributed by atoms with van der Waals surface area (Å²) in [6.45, 7) is 1.76. The lowest BCUT2D eigenvalue weighted by atomic mass is 10.1. The molecule has 86 valence electrons. The van der Waals surface area contributed by atoms with Gasteiger partial charge in [-0.05, 0) is 47.9 Å². The lowest BCUT2D eigenvalue weighted by Crippen LogP contribution is -1.83. The number of rotatable bonds is 2. The van der Waals surface area contributed by atoms with E-state index < -0.39 is 0 Å². The molecule has 0 atom stereocenters. The van der Waals surface area contributed by atoms with Gasteiger partial charge in [0, 0.05) is 5.69 Å². The van der Waals surface area contributed by atoms with Gasteiger partial charge in [-0.3, -0.25) is 0 Å². The fraction of sp³-hybridized carbons (Fsp3) is 0.0667. The van der Waals surface area contributed by atoms with Gasteiger partial charge in [0.1, 0.15) is 5.82 Å². The Morgan fingerprint density at radius 3 is 2.18 bits per heavy atom. The first-order valence-electron chi connectivity index (χ1n) is 5.45. The van der Waals surface area contributed by atoms with Crippen LogP contribution in [-0.2, 0) is 0 Å². The second-order valence-corrected chi connectivity index (χ2v) is 4.01. The molecule has 2 aromatic carbocycles. The van der Waals surface area contributed by atoms with Gasteiger partial charge in [0.15, 0.2) is 0 Å². The number of aryl methyl sites for hydroxylation is 1. The molecule has 2 aromatic rings. The highest BCUT2D eigenvalue weighted by molar-refractivity contribution is 5.70. The van der Waals surface area contributed by atoms with Crippen molar-refractivity contribution in [3.8, 4) is 0 Å². The average molecular weight is 227 g/mol. The molecule has 2 N–H and O–H groups in total. The molecule has 17 heavy (non-hydrogen) atoms. The molecule has 1 nitrogen and oxygen atoms in total. The maximum absolute atomic E-state index is 13.1. The van der Waals surface area contributed by atoms with Crippen molar-refractivity contribution >= 4 is 17.8 Å². The van der Waals surface area contributed by atoms with Crippen LogP contribution in [0.4, 0.5) is 10.1 Å². The van der Waals surface area contributed by atoms with Crippen LogP contribution >= 0.6 is 0 Å².